The second-order valence-electron chi connectivity index (χ2n) is 7.00. The summed E-state index contributed by atoms with van der Waals surface area (Å²) < 4.78 is 14.2. The molecule has 0 aliphatic carbocycles. The lowest BCUT2D eigenvalue weighted by molar-refractivity contribution is -0.0562. The number of aryl methyl sites for hydroxylation is 1. The number of thiophene rings is 1. The summed E-state index contributed by atoms with van der Waals surface area (Å²) in [6.45, 7) is 8.25. The molecule has 6 nitrogen and oxygen atoms in total. The predicted octanol–water partition coefficient (Wildman–Crippen LogP) is 1.96. The van der Waals surface area contributed by atoms with Gasteiger partial charge in [0.25, 0.3) is 0 Å². The molecule has 2 fully saturated rings. The maximum absolute atomic E-state index is 6.28. The first-order valence-electron chi connectivity index (χ1n) is 8.53. The van der Waals surface area contributed by atoms with Gasteiger partial charge in [0.05, 0.1) is 19.8 Å². The van der Waals surface area contributed by atoms with E-state index in [1.54, 1.807) is 12.7 Å². The van der Waals surface area contributed by atoms with E-state index in [1.165, 1.54) is 9.75 Å². The lowest BCUT2D eigenvalue weighted by Gasteiger charge is -2.31. The molecule has 0 radical (unpaired) electrons. The Balaban J connectivity index is 1.40. The minimum Gasteiger partial charge on any atom is -0.377 e. The van der Waals surface area contributed by atoms with Crippen LogP contribution in [0.4, 0.5) is 0 Å². The molecule has 0 bridgehead atoms. The van der Waals surface area contributed by atoms with Crippen molar-refractivity contribution in [2.24, 2.45) is 5.92 Å². The Morgan fingerprint density at radius 1 is 1.33 bits per heavy atom. The SMILES string of the molecule is Cc1ccc(CN2CCOC[C@]3(C[C@@H](Cn4cnnc4)CO3)C2)s1. The van der Waals surface area contributed by atoms with Crippen LogP contribution in [-0.2, 0) is 22.6 Å². The van der Waals surface area contributed by atoms with Crippen LogP contribution >= 0.6 is 11.3 Å². The highest BCUT2D eigenvalue weighted by atomic mass is 32.1. The normalized spacial score (nSPS) is 28.5. The summed E-state index contributed by atoms with van der Waals surface area (Å²) in [7, 11) is 0. The van der Waals surface area contributed by atoms with Gasteiger partial charge in [0.2, 0.25) is 0 Å². The third-order valence-electron chi connectivity index (χ3n) is 4.83. The average Bonchev–Trinajstić information content (AvgIpc) is 3.25. The summed E-state index contributed by atoms with van der Waals surface area (Å²) in [5.41, 5.74) is -0.165. The summed E-state index contributed by atoms with van der Waals surface area (Å²) in [6, 6.07) is 4.44. The van der Waals surface area contributed by atoms with Gasteiger partial charge in [-0.15, -0.1) is 21.5 Å². The molecule has 2 atom stereocenters. The van der Waals surface area contributed by atoms with Crippen molar-refractivity contribution in [1.29, 1.82) is 0 Å². The molecule has 0 unspecified atom stereocenters. The van der Waals surface area contributed by atoms with Crippen molar-refractivity contribution in [3.05, 3.63) is 34.5 Å². The Kier molecular flexibility index (Phi) is 4.67. The molecule has 4 heterocycles. The van der Waals surface area contributed by atoms with E-state index in [4.69, 9.17) is 9.47 Å². The second-order valence-corrected chi connectivity index (χ2v) is 8.37. The van der Waals surface area contributed by atoms with Crippen LogP contribution in [0.5, 0.6) is 0 Å². The Morgan fingerprint density at radius 2 is 2.21 bits per heavy atom. The molecule has 2 saturated heterocycles. The van der Waals surface area contributed by atoms with Crippen LogP contribution in [0.2, 0.25) is 0 Å². The van der Waals surface area contributed by atoms with Gasteiger partial charge >= 0.3 is 0 Å². The zero-order valence-corrected chi connectivity index (χ0v) is 14.9. The summed E-state index contributed by atoms with van der Waals surface area (Å²) in [4.78, 5) is 5.28. The topological polar surface area (TPSA) is 52.4 Å². The predicted molar refractivity (Wildman–Crippen MR) is 92.0 cm³/mol. The van der Waals surface area contributed by atoms with Gasteiger partial charge in [0, 0.05) is 41.9 Å². The van der Waals surface area contributed by atoms with E-state index >= 15 is 0 Å². The molecule has 2 aliphatic heterocycles. The van der Waals surface area contributed by atoms with Crippen molar-refractivity contribution in [2.75, 3.05) is 32.9 Å². The molecule has 1 spiro atoms. The number of nitrogens with zero attached hydrogens (tertiary/aromatic N) is 4. The van der Waals surface area contributed by atoms with Crippen molar-refractivity contribution >= 4 is 11.3 Å². The van der Waals surface area contributed by atoms with Gasteiger partial charge in [-0.05, 0) is 25.5 Å². The summed E-state index contributed by atoms with van der Waals surface area (Å²) in [5, 5.41) is 7.77. The zero-order chi connectivity index (χ0) is 16.4. The molecular formula is C17H24N4O2S. The molecule has 0 aromatic carbocycles. The molecule has 0 saturated carbocycles. The Morgan fingerprint density at radius 3 is 3.00 bits per heavy atom. The summed E-state index contributed by atoms with van der Waals surface area (Å²) in [6.07, 6.45) is 4.59. The average molecular weight is 348 g/mol. The van der Waals surface area contributed by atoms with E-state index in [0.717, 1.165) is 45.8 Å². The van der Waals surface area contributed by atoms with E-state index < -0.39 is 0 Å². The first-order chi connectivity index (χ1) is 11.7. The van der Waals surface area contributed by atoms with Crippen molar-refractivity contribution in [3.63, 3.8) is 0 Å². The van der Waals surface area contributed by atoms with Crippen LogP contribution < -0.4 is 0 Å². The van der Waals surface area contributed by atoms with Gasteiger partial charge in [0.15, 0.2) is 0 Å². The standard InChI is InChI=1S/C17H24N4O2S/c1-14-2-3-16(24-14)8-20-4-5-22-11-17(10-20)6-15(9-23-17)7-21-12-18-19-13-21/h2-3,12-13,15H,4-11H2,1H3/t15-,17-/m0/s1. The van der Waals surface area contributed by atoms with E-state index in [9.17, 15) is 0 Å². The minimum absolute atomic E-state index is 0.165. The van der Waals surface area contributed by atoms with E-state index in [1.807, 2.05) is 15.9 Å². The van der Waals surface area contributed by atoms with Crippen molar-refractivity contribution in [2.45, 2.75) is 32.0 Å². The smallest absolute Gasteiger partial charge is 0.119 e. The molecule has 24 heavy (non-hydrogen) atoms. The van der Waals surface area contributed by atoms with Crippen LogP contribution in [0.3, 0.4) is 0 Å². The van der Waals surface area contributed by atoms with Gasteiger partial charge in [-0.2, -0.15) is 0 Å². The molecule has 0 amide bonds. The Hall–Kier alpha value is -1.28. The maximum Gasteiger partial charge on any atom is 0.119 e. The molecule has 2 aromatic rings. The first kappa shape index (κ1) is 16.2. The van der Waals surface area contributed by atoms with Gasteiger partial charge in [-0.25, -0.2) is 0 Å². The van der Waals surface area contributed by atoms with Crippen LogP contribution in [0.1, 0.15) is 16.2 Å². The molecule has 4 rings (SSSR count). The maximum atomic E-state index is 6.28. The molecular weight excluding hydrogens is 324 g/mol. The first-order valence-corrected chi connectivity index (χ1v) is 9.34. The van der Waals surface area contributed by atoms with Crippen molar-refractivity contribution in [3.8, 4) is 0 Å². The quantitative estimate of drug-likeness (QED) is 0.845. The Labute approximate surface area is 146 Å². The van der Waals surface area contributed by atoms with E-state index in [2.05, 4.69) is 34.2 Å². The zero-order valence-electron chi connectivity index (χ0n) is 14.1. The molecule has 2 aromatic heterocycles. The molecule has 7 heteroatoms. The number of hydrogen-bond acceptors (Lipinski definition) is 6. The van der Waals surface area contributed by atoms with Crippen LogP contribution in [0, 0.1) is 12.8 Å². The van der Waals surface area contributed by atoms with Gasteiger partial charge in [-0.3, -0.25) is 4.90 Å². The second kappa shape index (κ2) is 6.92. The van der Waals surface area contributed by atoms with Gasteiger partial charge < -0.3 is 14.0 Å². The highest BCUT2D eigenvalue weighted by Crippen LogP contribution is 2.34. The molecule has 2 aliphatic rings. The van der Waals surface area contributed by atoms with Crippen molar-refractivity contribution < 1.29 is 9.47 Å². The van der Waals surface area contributed by atoms with E-state index in [0.29, 0.717) is 12.5 Å². The number of ether oxygens (including phenoxy) is 2. The fraction of sp³-hybridized carbons (Fsp3) is 0.647. The van der Waals surface area contributed by atoms with Crippen LogP contribution in [0.15, 0.2) is 24.8 Å². The van der Waals surface area contributed by atoms with Crippen LogP contribution in [-0.4, -0.2) is 58.2 Å². The highest BCUT2D eigenvalue weighted by molar-refractivity contribution is 7.11. The minimum atomic E-state index is -0.165. The van der Waals surface area contributed by atoms with Gasteiger partial charge in [-0.1, -0.05) is 0 Å². The monoisotopic (exact) mass is 348 g/mol. The van der Waals surface area contributed by atoms with E-state index in [-0.39, 0.29) is 5.60 Å². The molecule has 0 N–H and O–H groups in total. The highest BCUT2D eigenvalue weighted by Gasteiger charge is 2.43. The number of rotatable bonds is 4. The third-order valence-corrected chi connectivity index (χ3v) is 5.81. The number of hydrogen-bond donors (Lipinski definition) is 0. The fourth-order valence-electron chi connectivity index (χ4n) is 3.79. The third kappa shape index (κ3) is 3.69. The van der Waals surface area contributed by atoms with Crippen molar-refractivity contribution in [1.82, 2.24) is 19.7 Å². The number of aromatic nitrogens is 3. The molecule has 130 valence electrons. The fourth-order valence-corrected chi connectivity index (χ4v) is 4.72. The largest absolute Gasteiger partial charge is 0.377 e. The lowest BCUT2D eigenvalue weighted by atomic mass is 9.94. The summed E-state index contributed by atoms with van der Waals surface area (Å²) in [5.74, 6) is 0.494. The Bertz CT molecular complexity index is 659. The lowest BCUT2D eigenvalue weighted by Crippen LogP contribution is -2.43. The van der Waals surface area contributed by atoms with Gasteiger partial charge in [0.1, 0.15) is 18.3 Å². The van der Waals surface area contributed by atoms with Crippen LogP contribution in [0.25, 0.3) is 0 Å². The summed E-state index contributed by atoms with van der Waals surface area (Å²) >= 11 is 1.88.